The van der Waals surface area contributed by atoms with E-state index in [0.717, 1.165) is 32.4 Å². The summed E-state index contributed by atoms with van der Waals surface area (Å²) in [5.74, 6) is -0.594. The Kier molecular flexibility index (Phi) is 12.5. The molecule has 2 heterocycles. The van der Waals surface area contributed by atoms with E-state index in [1.165, 1.54) is 63.4 Å². The van der Waals surface area contributed by atoms with Gasteiger partial charge >= 0.3 is 0 Å². The molecule has 2 aliphatic heterocycles. The normalized spacial score (nSPS) is 26.2. The van der Waals surface area contributed by atoms with E-state index in [1.54, 1.807) is 0 Å². The van der Waals surface area contributed by atoms with E-state index in [0.29, 0.717) is 0 Å². The topological polar surface area (TPSA) is 49.0 Å². The van der Waals surface area contributed by atoms with E-state index in [9.17, 15) is 0 Å². The first-order valence-corrected chi connectivity index (χ1v) is 14.4. The maximum absolute atomic E-state index is 6.36. The average Bonchev–Trinajstić information content (AvgIpc) is 3.34. The Hall–Kier alpha value is -0.980. The van der Waals surface area contributed by atoms with Crippen molar-refractivity contribution in [1.29, 1.82) is 0 Å². The number of aryl methyl sites for hydroxylation is 1. The van der Waals surface area contributed by atoms with Crippen LogP contribution in [0.25, 0.3) is 0 Å². The summed E-state index contributed by atoms with van der Waals surface area (Å²) in [7, 11) is 0. The molecule has 0 unspecified atom stereocenters. The summed E-state index contributed by atoms with van der Waals surface area (Å²) >= 11 is 0. The van der Waals surface area contributed by atoms with Crippen LogP contribution in [-0.2, 0) is 25.4 Å². The van der Waals surface area contributed by atoms with Gasteiger partial charge in [-0.15, -0.1) is 0 Å². The van der Waals surface area contributed by atoms with E-state index in [-0.39, 0.29) is 30.6 Å². The summed E-state index contributed by atoms with van der Waals surface area (Å²) in [6, 6.07) is 10.8. The molecule has 2 fully saturated rings. The van der Waals surface area contributed by atoms with Crippen LogP contribution >= 0.6 is 0 Å². The minimum absolute atomic E-state index is 0.0730. The minimum atomic E-state index is -0.594. The number of fused-ring (bicyclic) bond motifs is 1. The molecule has 1 N–H and O–H groups in total. The predicted octanol–water partition coefficient (Wildman–Crippen LogP) is 6.78. The zero-order valence-electron chi connectivity index (χ0n) is 22.8. The molecule has 1 aromatic carbocycles. The highest BCUT2D eigenvalue weighted by atomic mass is 16.8. The van der Waals surface area contributed by atoms with Crippen LogP contribution in [0.1, 0.15) is 104 Å². The Labute approximate surface area is 214 Å². The molecule has 2 aliphatic rings. The van der Waals surface area contributed by atoms with Crippen molar-refractivity contribution in [3.63, 3.8) is 0 Å². The van der Waals surface area contributed by atoms with E-state index < -0.39 is 5.79 Å². The number of benzene rings is 1. The fraction of sp³-hybridized carbons (Fsp3) is 0.800. The molecule has 0 bridgehead atoms. The Morgan fingerprint density at radius 1 is 0.857 bits per heavy atom. The maximum atomic E-state index is 6.36. The number of nitrogens with one attached hydrogen (secondary N) is 1. The monoisotopic (exact) mass is 489 g/mol. The molecule has 200 valence electrons. The van der Waals surface area contributed by atoms with Crippen molar-refractivity contribution in [3.05, 3.63) is 35.9 Å². The van der Waals surface area contributed by atoms with Crippen LogP contribution in [0, 0.1) is 0 Å². The third kappa shape index (κ3) is 9.77. The van der Waals surface area contributed by atoms with Crippen molar-refractivity contribution in [2.75, 3.05) is 13.2 Å². The molecule has 5 heteroatoms. The smallest absolute Gasteiger partial charge is 0.187 e. The van der Waals surface area contributed by atoms with Crippen molar-refractivity contribution < 1.29 is 18.9 Å². The van der Waals surface area contributed by atoms with Gasteiger partial charge in [0.2, 0.25) is 0 Å². The van der Waals surface area contributed by atoms with Crippen molar-refractivity contribution >= 4 is 0 Å². The van der Waals surface area contributed by atoms with Crippen LogP contribution in [0.5, 0.6) is 0 Å². The minimum Gasteiger partial charge on any atom is -0.350 e. The highest BCUT2D eigenvalue weighted by molar-refractivity contribution is 5.14. The molecule has 0 aliphatic carbocycles. The van der Waals surface area contributed by atoms with E-state index in [4.69, 9.17) is 18.9 Å². The molecule has 1 aromatic rings. The first-order valence-electron chi connectivity index (χ1n) is 14.4. The molecule has 3 rings (SSSR count). The van der Waals surface area contributed by atoms with Gasteiger partial charge in [0, 0.05) is 12.6 Å². The van der Waals surface area contributed by atoms with Gasteiger partial charge in [-0.1, -0.05) is 95.0 Å². The van der Waals surface area contributed by atoms with Gasteiger partial charge in [0.15, 0.2) is 12.1 Å². The van der Waals surface area contributed by atoms with Crippen LogP contribution in [0.3, 0.4) is 0 Å². The summed E-state index contributed by atoms with van der Waals surface area (Å²) in [5.41, 5.74) is 1.38. The summed E-state index contributed by atoms with van der Waals surface area (Å²) in [6.45, 7) is 10.1. The number of ether oxygens (including phenoxy) is 4. The number of rotatable bonds is 18. The van der Waals surface area contributed by atoms with Gasteiger partial charge in [-0.3, -0.25) is 0 Å². The third-order valence-electron chi connectivity index (χ3n) is 7.27. The van der Waals surface area contributed by atoms with Crippen molar-refractivity contribution in [1.82, 2.24) is 5.32 Å². The van der Waals surface area contributed by atoms with Gasteiger partial charge in [-0.25, -0.2) is 0 Å². The average molecular weight is 490 g/mol. The summed E-state index contributed by atoms with van der Waals surface area (Å²) in [6.07, 6.45) is 14.7. The Bertz CT molecular complexity index is 682. The Morgan fingerprint density at radius 3 is 2.17 bits per heavy atom. The number of hydrogen-bond acceptors (Lipinski definition) is 5. The van der Waals surface area contributed by atoms with Gasteiger partial charge in [-0.05, 0) is 52.1 Å². The van der Waals surface area contributed by atoms with Gasteiger partial charge in [0.25, 0.3) is 0 Å². The van der Waals surface area contributed by atoms with Crippen molar-refractivity contribution in [2.45, 2.75) is 141 Å². The van der Waals surface area contributed by atoms with Gasteiger partial charge in [0.05, 0.1) is 0 Å². The number of unbranched alkanes of at least 4 members (excludes halogenated alkanes) is 9. The summed E-state index contributed by atoms with van der Waals surface area (Å²) in [4.78, 5) is 0. The van der Waals surface area contributed by atoms with Gasteiger partial charge < -0.3 is 24.3 Å². The summed E-state index contributed by atoms with van der Waals surface area (Å²) < 4.78 is 25.0. The number of hydrogen-bond donors (Lipinski definition) is 1. The molecule has 0 aromatic heterocycles. The van der Waals surface area contributed by atoms with Crippen molar-refractivity contribution in [3.8, 4) is 0 Å². The standard InChI is InChI=1S/C30H51NO4/c1-5-6-7-8-9-10-11-12-13-17-23-32-29-28-27(34-30(3,4)35-28)26(33-29)24(2)31-22-18-21-25-19-15-14-16-20-25/h14-16,19-20,24,26-29,31H,5-13,17-18,21-23H2,1-4H3/t24-,26+,27-,28-,29-/m0/s1. The van der Waals surface area contributed by atoms with E-state index in [2.05, 4.69) is 49.5 Å². The van der Waals surface area contributed by atoms with Gasteiger partial charge in [-0.2, -0.15) is 0 Å². The quantitative estimate of drug-likeness (QED) is 0.230. The lowest BCUT2D eigenvalue weighted by molar-refractivity contribution is -0.236. The Morgan fingerprint density at radius 2 is 1.49 bits per heavy atom. The van der Waals surface area contributed by atoms with E-state index >= 15 is 0 Å². The molecule has 5 atom stereocenters. The third-order valence-corrected chi connectivity index (χ3v) is 7.27. The van der Waals surface area contributed by atoms with Crippen LogP contribution in [0.2, 0.25) is 0 Å². The van der Waals surface area contributed by atoms with Crippen LogP contribution in [-0.4, -0.2) is 49.6 Å². The van der Waals surface area contributed by atoms with E-state index in [1.807, 2.05) is 13.8 Å². The second-order valence-electron chi connectivity index (χ2n) is 10.9. The largest absolute Gasteiger partial charge is 0.350 e. The fourth-order valence-electron chi connectivity index (χ4n) is 5.30. The maximum Gasteiger partial charge on any atom is 0.187 e. The SMILES string of the molecule is CCCCCCCCCCCCO[C@H]1O[C@H]([C@H](C)NCCCc2ccccc2)[C@@H]2OC(C)(C)O[C@H]12. The lowest BCUT2D eigenvalue weighted by Gasteiger charge is -2.27. The lowest BCUT2D eigenvalue weighted by Crippen LogP contribution is -2.45. The first kappa shape index (κ1) is 28.6. The zero-order chi connectivity index (χ0) is 24.9. The van der Waals surface area contributed by atoms with Crippen molar-refractivity contribution in [2.24, 2.45) is 0 Å². The molecule has 5 nitrogen and oxygen atoms in total. The molecular formula is C30H51NO4. The summed E-state index contributed by atoms with van der Waals surface area (Å²) in [5, 5.41) is 3.65. The zero-order valence-corrected chi connectivity index (χ0v) is 22.8. The van der Waals surface area contributed by atoms with Crippen LogP contribution in [0.4, 0.5) is 0 Å². The predicted molar refractivity (Wildman–Crippen MR) is 143 cm³/mol. The second-order valence-corrected chi connectivity index (χ2v) is 10.9. The second kappa shape index (κ2) is 15.3. The molecule has 2 saturated heterocycles. The lowest BCUT2D eigenvalue weighted by atomic mass is 10.0. The molecule has 0 amide bonds. The molecule has 0 saturated carbocycles. The highest BCUT2D eigenvalue weighted by Gasteiger charge is 2.56. The molecule has 0 radical (unpaired) electrons. The first-order chi connectivity index (χ1) is 17.0. The van der Waals surface area contributed by atoms with Gasteiger partial charge in [0.1, 0.15) is 18.3 Å². The van der Waals surface area contributed by atoms with Crippen LogP contribution in [0.15, 0.2) is 30.3 Å². The van der Waals surface area contributed by atoms with Crippen LogP contribution < -0.4 is 5.32 Å². The molecular weight excluding hydrogens is 438 g/mol. The molecule has 35 heavy (non-hydrogen) atoms. The fourth-order valence-corrected chi connectivity index (χ4v) is 5.30. The highest BCUT2D eigenvalue weighted by Crippen LogP contribution is 2.40. The Balaban J connectivity index is 1.33. The molecule has 0 spiro atoms.